The molecule has 98 valence electrons. The molecule has 0 atom stereocenters. The number of amides is 2. The first-order valence-electron chi connectivity index (χ1n) is 5.31. The SMILES string of the molecule is O=C(CCl)Nc1ccc(C(=O)Nn2cnnc2)cc1. The van der Waals surface area contributed by atoms with E-state index in [4.69, 9.17) is 11.6 Å². The van der Waals surface area contributed by atoms with Crippen molar-refractivity contribution in [1.82, 2.24) is 14.9 Å². The third-order valence-corrected chi connectivity index (χ3v) is 2.44. The molecule has 0 fully saturated rings. The Balaban J connectivity index is 2.01. The Morgan fingerprint density at radius 2 is 1.79 bits per heavy atom. The molecule has 0 radical (unpaired) electrons. The van der Waals surface area contributed by atoms with Gasteiger partial charge in [-0.05, 0) is 24.3 Å². The molecule has 0 aliphatic rings. The lowest BCUT2D eigenvalue weighted by Gasteiger charge is -2.06. The van der Waals surface area contributed by atoms with Crippen LogP contribution >= 0.6 is 11.6 Å². The zero-order valence-electron chi connectivity index (χ0n) is 9.71. The van der Waals surface area contributed by atoms with Crippen molar-refractivity contribution in [2.45, 2.75) is 0 Å². The number of halogens is 1. The first kappa shape index (κ1) is 13.0. The second-order valence-electron chi connectivity index (χ2n) is 3.57. The van der Waals surface area contributed by atoms with Crippen molar-refractivity contribution in [2.75, 3.05) is 16.6 Å². The Kier molecular flexibility index (Phi) is 4.09. The van der Waals surface area contributed by atoms with Gasteiger partial charge in [-0.2, -0.15) is 0 Å². The monoisotopic (exact) mass is 279 g/mol. The van der Waals surface area contributed by atoms with Crippen LogP contribution in [0.25, 0.3) is 0 Å². The topological polar surface area (TPSA) is 88.9 Å². The largest absolute Gasteiger partial charge is 0.325 e. The number of benzene rings is 1. The van der Waals surface area contributed by atoms with Crippen LogP contribution in [-0.2, 0) is 4.79 Å². The van der Waals surface area contributed by atoms with Crippen molar-refractivity contribution < 1.29 is 9.59 Å². The van der Waals surface area contributed by atoms with Crippen molar-refractivity contribution in [3.05, 3.63) is 42.5 Å². The maximum Gasteiger partial charge on any atom is 0.270 e. The summed E-state index contributed by atoms with van der Waals surface area (Å²) >= 11 is 5.37. The number of hydrogen-bond donors (Lipinski definition) is 2. The Labute approximate surface area is 113 Å². The summed E-state index contributed by atoms with van der Waals surface area (Å²) in [7, 11) is 0. The summed E-state index contributed by atoms with van der Waals surface area (Å²) in [5.74, 6) is -0.728. The summed E-state index contributed by atoms with van der Waals surface area (Å²) in [6, 6.07) is 6.41. The molecular formula is C11H10ClN5O2. The molecule has 1 aromatic heterocycles. The lowest BCUT2D eigenvalue weighted by atomic mass is 10.2. The van der Waals surface area contributed by atoms with Gasteiger partial charge in [-0.3, -0.25) is 15.0 Å². The van der Waals surface area contributed by atoms with E-state index >= 15 is 0 Å². The smallest absolute Gasteiger partial charge is 0.270 e. The van der Waals surface area contributed by atoms with Crippen LogP contribution in [0.1, 0.15) is 10.4 Å². The average molecular weight is 280 g/mol. The third kappa shape index (κ3) is 3.52. The van der Waals surface area contributed by atoms with Gasteiger partial charge in [0, 0.05) is 11.3 Å². The van der Waals surface area contributed by atoms with E-state index in [0.717, 1.165) is 0 Å². The normalized spacial score (nSPS) is 9.95. The minimum absolute atomic E-state index is 0.115. The molecule has 0 saturated carbocycles. The number of anilines is 1. The molecule has 1 heterocycles. The Morgan fingerprint density at radius 3 is 2.37 bits per heavy atom. The third-order valence-electron chi connectivity index (χ3n) is 2.20. The fraction of sp³-hybridized carbons (Fsp3) is 0.0909. The van der Waals surface area contributed by atoms with Gasteiger partial charge in [0.1, 0.15) is 18.5 Å². The highest BCUT2D eigenvalue weighted by atomic mass is 35.5. The minimum atomic E-state index is -0.310. The molecule has 19 heavy (non-hydrogen) atoms. The van der Waals surface area contributed by atoms with Gasteiger partial charge >= 0.3 is 0 Å². The van der Waals surface area contributed by atoms with Crippen LogP contribution in [0.3, 0.4) is 0 Å². The number of nitrogens with one attached hydrogen (secondary N) is 2. The molecule has 0 unspecified atom stereocenters. The van der Waals surface area contributed by atoms with Crippen LogP contribution in [0, 0.1) is 0 Å². The number of rotatable bonds is 4. The summed E-state index contributed by atoms with van der Waals surface area (Å²) in [4.78, 5) is 22.9. The Bertz CT molecular complexity index is 567. The van der Waals surface area contributed by atoms with Crippen molar-refractivity contribution in [3.63, 3.8) is 0 Å². The molecule has 8 heteroatoms. The van der Waals surface area contributed by atoms with E-state index in [2.05, 4.69) is 20.9 Å². The van der Waals surface area contributed by atoms with Crippen LogP contribution in [0.2, 0.25) is 0 Å². The van der Waals surface area contributed by atoms with E-state index in [0.29, 0.717) is 11.3 Å². The molecule has 0 spiro atoms. The van der Waals surface area contributed by atoms with Gasteiger partial charge in [0.15, 0.2) is 0 Å². The first-order chi connectivity index (χ1) is 9.19. The fourth-order valence-corrected chi connectivity index (χ4v) is 1.41. The predicted octanol–water partition coefficient (Wildman–Crippen LogP) is 0.839. The Hall–Kier alpha value is -2.41. The van der Waals surface area contributed by atoms with E-state index in [1.54, 1.807) is 24.3 Å². The number of carbonyl (C=O) groups excluding carboxylic acids is 2. The molecule has 2 amide bonds. The zero-order chi connectivity index (χ0) is 13.7. The fourth-order valence-electron chi connectivity index (χ4n) is 1.34. The van der Waals surface area contributed by atoms with E-state index in [-0.39, 0.29) is 17.7 Å². The molecule has 7 nitrogen and oxygen atoms in total. The maximum absolute atomic E-state index is 11.8. The molecular weight excluding hydrogens is 270 g/mol. The van der Waals surface area contributed by atoms with Gasteiger partial charge in [0.05, 0.1) is 0 Å². The molecule has 2 rings (SSSR count). The van der Waals surface area contributed by atoms with Crippen LogP contribution in [-0.4, -0.2) is 32.6 Å². The van der Waals surface area contributed by atoms with E-state index in [1.165, 1.54) is 17.3 Å². The summed E-state index contributed by atoms with van der Waals surface area (Å²) in [6.07, 6.45) is 2.74. The standard InChI is InChI=1S/C11H10ClN5O2/c12-5-10(18)15-9-3-1-8(2-4-9)11(19)16-17-6-13-14-7-17/h1-4,6-7H,5H2,(H,15,18)(H,16,19). The molecule has 1 aromatic carbocycles. The average Bonchev–Trinajstić information content (AvgIpc) is 2.92. The minimum Gasteiger partial charge on any atom is -0.325 e. The molecule has 0 saturated heterocycles. The van der Waals surface area contributed by atoms with Crippen molar-refractivity contribution in [1.29, 1.82) is 0 Å². The lowest BCUT2D eigenvalue weighted by Crippen LogP contribution is -2.21. The van der Waals surface area contributed by atoms with E-state index in [1.807, 2.05) is 0 Å². The summed E-state index contributed by atoms with van der Waals surface area (Å²) < 4.78 is 1.34. The molecule has 0 aliphatic heterocycles. The summed E-state index contributed by atoms with van der Waals surface area (Å²) in [5.41, 5.74) is 3.57. The van der Waals surface area contributed by atoms with Gasteiger partial charge in [-0.15, -0.1) is 21.8 Å². The van der Waals surface area contributed by atoms with Crippen LogP contribution < -0.4 is 10.7 Å². The molecule has 2 aromatic rings. The molecule has 0 aliphatic carbocycles. The van der Waals surface area contributed by atoms with Gasteiger partial charge < -0.3 is 5.32 Å². The van der Waals surface area contributed by atoms with Crippen LogP contribution in [0.4, 0.5) is 5.69 Å². The lowest BCUT2D eigenvalue weighted by molar-refractivity contribution is -0.113. The predicted molar refractivity (Wildman–Crippen MR) is 69.5 cm³/mol. The number of carbonyl (C=O) groups is 2. The second kappa shape index (κ2) is 5.96. The quantitative estimate of drug-likeness (QED) is 0.812. The van der Waals surface area contributed by atoms with Gasteiger partial charge in [0.25, 0.3) is 5.91 Å². The van der Waals surface area contributed by atoms with Crippen LogP contribution in [0.15, 0.2) is 36.9 Å². The van der Waals surface area contributed by atoms with Gasteiger partial charge in [-0.25, -0.2) is 4.68 Å². The first-order valence-corrected chi connectivity index (χ1v) is 5.84. The highest BCUT2D eigenvalue weighted by Crippen LogP contribution is 2.09. The number of alkyl halides is 1. The molecule has 0 bridgehead atoms. The highest BCUT2D eigenvalue weighted by molar-refractivity contribution is 6.29. The van der Waals surface area contributed by atoms with E-state index in [9.17, 15) is 9.59 Å². The number of hydrogen-bond acceptors (Lipinski definition) is 4. The summed E-state index contributed by atoms with van der Waals surface area (Å²) in [5, 5.41) is 9.70. The highest BCUT2D eigenvalue weighted by Gasteiger charge is 2.06. The Morgan fingerprint density at radius 1 is 1.16 bits per heavy atom. The number of nitrogens with zero attached hydrogens (tertiary/aromatic N) is 3. The van der Waals surface area contributed by atoms with Crippen molar-refractivity contribution >= 4 is 29.1 Å². The second-order valence-corrected chi connectivity index (χ2v) is 3.84. The van der Waals surface area contributed by atoms with Crippen molar-refractivity contribution in [2.24, 2.45) is 0 Å². The zero-order valence-corrected chi connectivity index (χ0v) is 10.5. The van der Waals surface area contributed by atoms with Gasteiger partial charge in [-0.1, -0.05) is 0 Å². The molecule has 2 N–H and O–H groups in total. The summed E-state index contributed by atoms with van der Waals surface area (Å²) in [6.45, 7) is 0. The maximum atomic E-state index is 11.8. The van der Waals surface area contributed by atoms with E-state index < -0.39 is 0 Å². The van der Waals surface area contributed by atoms with Gasteiger partial charge in [0.2, 0.25) is 5.91 Å². The van der Waals surface area contributed by atoms with Crippen LogP contribution in [0.5, 0.6) is 0 Å². The van der Waals surface area contributed by atoms with Crippen molar-refractivity contribution in [3.8, 4) is 0 Å². The number of aromatic nitrogens is 3.